The Balaban J connectivity index is 1.13. The molecule has 3 heterocycles. The molecule has 1 saturated heterocycles. The molecule has 1 aromatic heterocycles. The molecule has 5 rings (SSSR count). The van der Waals surface area contributed by atoms with Crippen LogP contribution >= 0.6 is 0 Å². The fourth-order valence-electron chi connectivity index (χ4n) is 5.88. The summed E-state index contributed by atoms with van der Waals surface area (Å²) in [5.41, 5.74) is 6.04. The zero-order valence-corrected chi connectivity index (χ0v) is 19.4. The van der Waals surface area contributed by atoms with Crippen molar-refractivity contribution < 1.29 is 14.3 Å². The predicted octanol–water partition coefficient (Wildman–Crippen LogP) is 2.31. The minimum Gasteiger partial charge on any atom is -0.494 e. The molecule has 182 valence electrons. The van der Waals surface area contributed by atoms with Crippen LogP contribution < -0.4 is 26.7 Å². The van der Waals surface area contributed by atoms with Gasteiger partial charge in [-0.05, 0) is 63.0 Å². The Kier molecular flexibility index (Phi) is 6.54. The van der Waals surface area contributed by atoms with Crippen LogP contribution in [0.4, 0.5) is 5.95 Å². The van der Waals surface area contributed by atoms with Gasteiger partial charge in [-0.25, -0.2) is 4.98 Å². The first-order valence-electron chi connectivity index (χ1n) is 12.5. The van der Waals surface area contributed by atoms with Crippen LogP contribution in [0.2, 0.25) is 0 Å². The number of anilines is 1. The van der Waals surface area contributed by atoms with E-state index in [1.54, 1.807) is 18.2 Å². The van der Waals surface area contributed by atoms with Gasteiger partial charge < -0.3 is 15.8 Å². The number of fused-ring (bicyclic) bond motifs is 3. The molecule has 9 nitrogen and oxygen atoms in total. The van der Waals surface area contributed by atoms with Crippen molar-refractivity contribution in [2.24, 2.45) is 17.6 Å². The number of piperidine rings is 1. The minimum atomic E-state index is -0.243. The summed E-state index contributed by atoms with van der Waals surface area (Å²) >= 11 is 0. The maximum absolute atomic E-state index is 12.6. The summed E-state index contributed by atoms with van der Waals surface area (Å²) in [6.45, 7) is 0.500. The Labute approximate surface area is 198 Å². The van der Waals surface area contributed by atoms with Crippen molar-refractivity contribution in [1.82, 2.24) is 14.9 Å². The standard InChI is InChI=1S/C25H33N5O4/c26-23(32)17(20-11-8-15-5-1-2-7-19(15)27-20)6-3-4-12-34-16-9-10-18-21(13-16)28-25-29-22(31)14-30(25)24(18)33/h9-10,13,15,17,19-20,27H,1-8,11-12,14H2,(H2,26,32)(H,28,29,31). The fraction of sp³-hybridized carbons (Fsp3) is 0.600. The normalized spacial score (nSPS) is 24.8. The van der Waals surface area contributed by atoms with Gasteiger partial charge in [0.25, 0.3) is 5.56 Å². The third-order valence-electron chi connectivity index (χ3n) is 7.69. The van der Waals surface area contributed by atoms with Crippen LogP contribution in [0.15, 0.2) is 23.0 Å². The number of rotatable bonds is 8. The van der Waals surface area contributed by atoms with Crippen LogP contribution in [-0.2, 0) is 16.1 Å². The number of benzene rings is 1. The van der Waals surface area contributed by atoms with Gasteiger partial charge in [0.05, 0.1) is 23.4 Å². The third kappa shape index (κ3) is 4.66. The highest BCUT2D eigenvalue weighted by Gasteiger charge is 2.36. The second-order valence-corrected chi connectivity index (χ2v) is 9.91. The van der Waals surface area contributed by atoms with E-state index in [0.717, 1.165) is 31.6 Å². The monoisotopic (exact) mass is 467 g/mol. The molecule has 2 aromatic rings. The molecular weight excluding hydrogens is 434 g/mol. The molecule has 0 radical (unpaired) electrons. The van der Waals surface area contributed by atoms with E-state index in [4.69, 9.17) is 10.5 Å². The number of carbonyl (C=O) groups is 2. The molecule has 34 heavy (non-hydrogen) atoms. The second kappa shape index (κ2) is 9.74. The van der Waals surface area contributed by atoms with E-state index in [9.17, 15) is 14.4 Å². The predicted molar refractivity (Wildman–Crippen MR) is 129 cm³/mol. The first-order valence-corrected chi connectivity index (χ1v) is 12.5. The quantitative estimate of drug-likeness (QED) is 0.511. The molecule has 0 bridgehead atoms. The largest absolute Gasteiger partial charge is 0.494 e. The Hall–Kier alpha value is -2.94. The number of nitrogens with one attached hydrogen (secondary N) is 2. The lowest BCUT2D eigenvalue weighted by Gasteiger charge is -2.42. The topological polar surface area (TPSA) is 128 Å². The maximum atomic E-state index is 12.6. The summed E-state index contributed by atoms with van der Waals surface area (Å²) in [4.78, 5) is 40.7. The summed E-state index contributed by atoms with van der Waals surface area (Å²) < 4.78 is 7.23. The summed E-state index contributed by atoms with van der Waals surface area (Å²) in [6.07, 6.45) is 9.76. The Morgan fingerprint density at radius 2 is 2.03 bits per heavy atom. The van der Waals surface area contributed by atoms with Crippen molar-refractivity contribution in [1.29, 1.82) is 0 Å². The van der Waals surface area contributed by atoms with E-state index in [1.807, 2.05) is 0 Å². The van der Waals surface area contributed by atoms with E-state index in [1.165, 1.54) is 36.7 Å². The van der Waals surface area contributed by atoms with E-state index < -0.39 is 0 Å². The molecule has 2 fully saturated rings. The van der Waals surface area contributed by atoms with E-state index >= 15 is 0 Å². The van der Waals surface area contributed by atoms with Crippen LogP contribution in [0.1, 0.15) is 57.8 Å². The van der Waals surface area contributed by atoms with Crippen molar-refractivity contribution in [2.75, 3.05) is 11.9 Å². The molecule has 4 unspecified atom stereocenters. The average Bonchev–Trinajstić information content (AvgIpc) is 3.21. The Morgan fingerprint density at radius 3 is 2.88 bits per heavy atom. The van der Waals surface area contributed by atoms with Gasteiger partial charge >= 0.3 is 0 Å². The molecular formula is C25H33N5O4. The first kappa shape index (κ1) is 22.8. The summed E-state index contributed by atoms with van der Waals surface area (Å²) in [6, 6.07) is 5.89. The van der Waals surface area contributed by atoms with Crippen molar-refractivity contribution in [3.05, 3.63) is 28.6 Å². The van der Waals surface area contributed by atoms with Crippen molar-refractivity contribution in [2.45, 2.75) is 76.4 Å². The number of unbranched alkanes of at least 4 members (excludes halogenated alkanes) is 1. The van der Waals surface area contributed by atoms with Crippen LogP contribution in [0, 0.1) is 11.8 Å². The molecule has 2 amide bonds. The van der Waals surface area contributed by atoms with Gasteiger partial charge in [-0.3, -0.25) is 24.3 Å². The lowest BCUT2D eigenvalue weighted by molar-refractivity contribution is -0.123. The number of hydrogen-bond acceptors (Lipinski definition) is 6. The summed E-state index contributed by atoms with van der Waals surface area (Å²) in [5, 5.41) is 6.81. The molecule has 2 aliphatic heterocycles. The lowest BCUT2D eigenvalue weighted by atomic mass is 9.75. The number of aromatic nitrogens is 2. The molecule has 1 aliphatic carbocycles. The van der Waals surface area contributed by atoms with Gasteiger partial charge in [0.2, 0.25) is 17.8 Å². The molecule has 0 spiro atoms. The van der Waals surface area contributed by atoms with Gasteiger partial charge in [-0.1, -0.05) is 12.8 Å². The van der Waals surface area contributed by atoms with E-state index in [-0.39, 0.29) is 41.8 Å². The van der Waals surface area contributed by atoms with Crippen LogP contribution in [0.25, 0.3) is 10.9 Å². The van der Waals surface area contributed by atoms with E-state index in [0.29, 0.717) is 29.3 Å². The second-order valence-electron chi connectivity index (χ2n) is 9.91. The van der Waals surface area contributed by atoms with Crippen LogP contribution in [0.5, 0.6) is 5.75 Å². The summed E-state index contributed by atoms with van der Waals surface area (Å²) in [5.74, 6) is 1.06. The molecule has 1 saturated carbocycles. The Bertz CT molecular complexity index is 1150. The van der Waals surface area contributed by atoms with Crippen molar-refractivity contribution in [3.8, 4) is 5.75 Å². The average molecular weight is 468 g/mol. The van der Waals surface area contributed by atoms with Gasteiger partial charge in [-0.15, -0.1) is 0 Å². The highest BCUT2D eigenvalue weighted by atomic mass is 16.5. The Morgan fingerprint density at radius 1 is 1.18 bits per heavy atom. The number of nitrogens with two attached hydrogens (primary N) is 1. The zero-order chi connectivity index (χ0) is 23.7. The molecule has 4 atom stereocenters. The lowest BCUT2D eigenvalue weighted by Crippen LogP contribution is -2.54. The fourth-order valence-corrected chi connectivity index (χ4v) is 5.88. The first-order chi connectivity index (χ1) is 16.5. The van der Waals surface area contributed by atoms with Gasteiger partial charge in [-0.2, -0.15) is 0 Å². The maximum Gasteiger partial charge on any atom is 0.263 e. The number of ether oxygens (including phenoxy) is 1. The number of nitrogens with zero attached hydrogens (tertiary/aromatic N) is 2. The summed E-state index contributed by atoms with van der Waals surface area (Å²) in [7, 11) is 0. The number of hydrogen-bond donors (Lipinski definition) is 3. The third-order valence-corrected chi connectivity index (χ3v) is 7.69. The van der Waals surface area contributed by atoms with Crippen molar-refractivity contribution >= 4 is 28.7 Å². The van der Waals surface area contributed by atoms with Gasteiger partial charge in [0, 0.05) is 18.2 Å². The van der Waals surface area contributed by atoms with Crippen molar-refractivity contribution in [3.63, 3.8) is 0 Å². The number of carbonyl (C=O) groups excluding carboxylic acids is 2. The molecule has 4 N–H and O–H groups in total. The number of amides is 2. The molecule has 9 heteroatoms. The minimum absolute atomic E-state index is 0.000724. The van der Waals surface area contributed by atoms with Gasteiger partial charge in [0.15, 0.2) is 0 Å². The highest BCUT2D eigenvalue weighted by Crippen LogP contribution is 2.34. The highest BCUT2D eigenvalue weighted by molar-refractivity contribution is 5.94. The SMILES string of the molecule is NC(=O)C(CCCCOc1ccc2c(=O)n3c(nc2c1)NC(=O)C3)C1CCC2CCCCC2N1. The molecule has 3 aliphatic rings. The van der Waals surface area contributed by atoms with Crippen LogP contribution in [0.3, 0.4) is 0 Å². The van der Waals surface area contributed by atoms with Crippen LogP contribution in [-0.4, -0.2) is 40.1 Å². The van der Waals surface area contributed by atoms with Gasteiger partial charge in [0.1, 0.15) is 12.3 Å². The number of primary amides is 1. The smallest absolute Gasteiger partial charge is 0.263 e. The molecule has 1 aromatic carbocycles. The van der Waals surface area contributed by atoms with E-state index in [2.05, 4.69) is 15.6 Å². The zero-order valence-electron chi connectivity index (χ0n) is 19.4.